The van der Waals surface area contributed by atoms with Gasteiger partial charge in [-0.3, -0.25) is 14.6 Å². The van der Waals surface area contributed by atoms with Gasteiger partial charge in [-0.2, -0.15) is 0 Å². The fraction of sp³-hybridized carbons (Fsp3) is 0.364. The highest BCUT2D eigenvalue weighted by molar-refractivity contribution is 6.09. The third-order valence-corrected chi connectivity index (χ3v) is 2.47. The molecule has 14 heavy (non-hydrogen) atoms. The summed E-state index contributed by atoms with van der Waals surface area (Å²) in [4.78, 5) is 27.2. The van der Waals surface area contributed by atoms with Crippen LogP contribution in [0.15, 0.2) is 24.4 Å². The molecule has 1 aliphatic rings. The number of nitrogens with zero attached hydrogens (tertiary/aromatic N) is 1. The van der Waals surface area contributed by atoms with Crippen LogP contribution in [0.2, 0.25) is 0 Å². The van der Waals surface area contributed by atoms with E-state index >= 15 is 0 Å². The van der Waals surface area contributed by atoms with Crippen molar-refractivity contribution in [3.05, 3.63) is 30.1 Å². The number of hydrogen-bond donors (Lipinski definition) is 0. The van der Waals surface area contributed by atoms with Crippen LogP contribution in [-0.2, 0) is 9.59 Å². The Morgan fingerprint density at radius 1 is 1.14 bits per heavy atom. The molecule has 0 saturated heterocycles. The van der Waals surface area contributed by atoms with E-state index < -0.39 is 5.92 Å². The molecule has 0 unspecified atom stereocenters. The first-order valence-electron chi connectivity index (χ1n) is 4.75. The number of rotatable bonds is 1. The van der Waals surface area contributed by atoms with Gasteiger partial charge in [-0.25, -0.2) is 0 Å². The average molecular weight is 189 g/mol. The molecule has 1 aromatic heterocycles. The first-order valence-corrected chi connectivity index (χ1v) is 4.75. The summed E-state index contributed by atoms with van der Waals surface area (Å²) < 4.78 is 0. The maximum Gasteiger partial charge on any atom is 0.149 e. The fourth-order valence-corrected chi connectivity index (χ4v) is 1.78. The summed E-state index contributed by atoms with van der Waals surface area (Å²) in [6, 6.07) is 5.32. The molecule has 0 N–H and O–H groups in total. The lowest BCUT2D eigenvalue weighted by molar-refractivity contribution is -0.131. The van der Waals surface area contributed by atoms with Gasteiger partial charge in [0.25, 0.3) is 0 Å². The molecule has 3 nitrogen and oxygen atoms in total. The minimum absolute atomic E-state index is 0.0138. The number of ketones is 2. The minimum Gasteiger partial charge on any atom is -0.298 e. The van der Waals surface area contributed by atoms with E-state index in [1.807, 2.05) is 0 Å². The molecule has 0 aromatic carbocycles. The lowest BCUT2D eigenvalue weighted by Crippen LogP contribution is -2.27. The Morgan fingerprint density at radius 2 is 1.86 bits per heavy atom. The Hall–Kier alpha value is -1.51. The summed E-state index contributed by atoms with van der Waals surface area (Å²) in [6.45, 7) is 0. The Balaban J connectivity index is 2.32. The van der Waals surface area contributed by atoms with Crippen molar-refractivity contribution >= 4 is 11.6 Å². The maximum absolute atomic E-state index is 11.5. The molecule has 0 atom stereocenters. The first-order chi connectivity index (χ1) is 6.79. The molecule has 0 amide bonds. The largest absolute Gasteiger partial charge is 0.298 e. The molecule has 1 fully saturated rings. The molecule has 72 valence electrons. The van der Waals surface area contributed by atoms with Crippen LogP contribution in [0.25, 0.3) is 0 Å². The molecular formula is C11H11NO2. The van der Waals surface area contributed by atoms with Crippen molar-refractivity contribution in [2.75, 3.05) is 0 Å². The summed E-state index contributed by atoms with van der Waals surface area (Å²) in [6.07, 6.45) is 3.32. The van der Waals surface area contributed by atoms with Gasteiger partial charge in [0.1, 0.15) is 17.5 Å². The van der Waals surface area contributed by atoms with Gasteiger partial charge in [0.15, 0.2) is 0 Å². The Labute approximate surface area is 82.2 Å². The van der Waals surface area contributed by atoms with E-state index in [1.54, 1.807) is 24.4 Å². The van der Waals surface area contributed by atoms with Crippen LogP contribution in [0.4, 0.5) is 0 Å². The predicted octanol–water partition coefficient (Wildman–Crippen LogP) is 1.49. The van der Waals surface area contributed by atoms with E-state index in [0.29, 0.717) is 25.0 Å². The van der Waals surface area contributed by atoms with Crippen LogP contribution in [0.5, 0.6) is 0 Å². The lowest BCUT2D eigenvalue weighted by Gasteiger charge is -2.18. The molecule has 2 rings (SSSR count). The highest BCUT2D eigenvalue weighted by Crippen LogP contribution is 2.25. The molecule has 0 aliphatic heterocycles. The van der Waals surface area contributed by atoms with Crippen molar-refractivity contribution in [3.63, 3.8) is 0 Å². The van der Waals surface area contributed by atoms with Crippen molar-refractivity contribution in [2.45, 2.75) is 25.2 Å². The van der Waals surface area contributed by atoms with Crippen LogP contribution in [0, 0.1) is 0 Å². The highest BCUT2D eigenvalue weighted by Gasteiger charge is 2.31. The zero-order valence-corrected chi connectivity index (χ0v) is 7.77. The van der Waals surface area contributed by atoms with E-state index in [0.717, 1.165) is 0 Å². The van der Waals surface area contributed by atoms with E-state index in [2.05, 4.69) is 4.98 Å². The van der Waals surface area contributed by atoms with Crippen molar-refractivity contribution in [1.29, 1.82) is 0 Å². The summed E-state index contributed by atoms with van der Waals surface area (Å²) in [5.74, 6) is -0.565. The summed E-state index contributed by atoms with van der Waals surface area (Å²) in [5.41, 5.74) is 0.599. The average Bonchev–Trinajstić information content (AvgIpc) is 2.19. The molecule has 1 heterocycles. The molecule has 0 spiro atoms. The molecular weight excluding hydrogens is 178 g/mol. The molecule has 1 saturated carbocycles. The van der Waals surface area contributed by atoms with Gasteiger partial charge in [-0.1, -0.05) is 6.07 Å². The van der Waals surface area contributed by atoms with E-state index in [9.17, 15) is 9.59 Å². The zero-order valence-electron chi connectivity index (χ0n) is 7.77. The normalized spacial score (nSPS) is 18.6. The molecule has 3 heteroatoms. The van der Waals surface area contributed by atoms with E-state index in [1.165, 1.54) is 0 Å². The van der Waals surface area contributed by atoms with Gasteiger partial charge >= 0.3 is 0 Å². The van der Waals surface area contributed by atoms with Gasteiger partial charge in [-0.15, -0.1) is 0 Å². The molecule has 0 radical (unpaired) electrons. The number of pyridine rings is 1. The standard InChI is InChI=1S/C11H11NO2/c13-9-5-3-6-10(14)11(9)8-4-1-2-7-12-8/h1-2,4,7,11H,3,5-6H2. The van der Waals surface area contributed by atoms with E-state index in [4.69, 9.17) is 0 Å². The van der Waals surface area contributed by atoms with Crippen LogP contribution >= 0.6 is 0 Å². The van der Waals surface area contributed by atoms with Crippen molar-refractivity contribution in [1.82, 2.24) is 4.98 Å². The Bertz CT molecular complexity index is 343. The first kappa shape index (κ1) is 9.06. The second-order valence-corrected chi connectivity index (χ2v) is 3.47. The maximum atomic E-state index is 11.5. The fourth-order valence-electron chi connectivity index (χ4n) is 1.78. The smallest absolute Gasteiger partial charge is 0.149 e. The monoisotopic (exact) mass is 189 g/mol. The third-order valence-electron chi connectivity index (χ3n) is 2.47. The molecule has 1 aliphatic carbocycles. The SMILES string of the molecule is O=C1CCCC(=O)C1c1ccccn1. The molecule has 1 aromatic rings. The van der Waals surface area contributed by atoms with Crippen LogP contribution in [0.1, 0.15) is 30.9 Å². The van der Waals surface area contributed by atoms with Gasteiger partial charge < -0.3 is 0 Å². The highest BCUT2D eigenvalue weighted by atomic mass is 16.2. The van der Waals surface area contributed by atoms with Gasteiger partial charge in [0, 0.05) is 19.0 Å². The van der Waals surface area contributed by atoms with Crippen LogP contribution < -0.4 is 0 Å². The van der Waals surface area contributed by atoms with Gasteiger partial charge in [-0.05, 0) is 18.6 Å². The molecule has 0 bridgehead atoms. The minimum atomic E-state index is -0.593. The Kier molecular flexibility index (Phi) is 2.39. The number of hydrogen-bond acceptors (Lipinski definition) is 3. The summed E-state index contributed by atoms with van der Waals surface area (Å²) in [5, 5.41) is 0. The van der Waals surface area contributed by atoms with E-state index in [-0.39, 0.29) is 11.6 Å². The number of aromatic nitrogens is 1. The number of carbonyl (C=O) groups excluding carboxylic acids is 2. The van der Waals surface area contributed by atoms with Crippen LogP contribution in [-0.4, -0.2) is 16.6 Å². The summed E-state index contributed by atoms with van der Waals surface area (Å²) >= 11 is 0. The van der Waals surface area contributed by atoms with Gasteiger partial charge in [0.2, 0.25) is 0 Å². The lowest BCUT2D eigenvalue weighted by atomic mass is 9.84. The number of carbonyl (C=O) groups is 2. The zero-order chi connectivity index (χ0) is 9.97. The quantitative estimate of drug-likeness (QED) is 0.629. The van der Waals surface area contributed by atoms with Crippen molar-refractivity contribution in [2.24, 2.45) is 0 Å². The second-order valence-electron chi connectivity index (χ2n) is 3.47. The Morgan fingerprint density at radius 3 is 2.43 bits per heavy atom. The van der Waals surface area contributed by atoms with Gasteiger partial charge in [0.05, 0.1) is 5.69 Å². The van der Waals surface area contributed by atoms with Crippen LogP contribution in [0.3, 0.4) is 0 Å². The third kappa shape index (κ3) is 1.58. The van der Waals surface area contributed by atoms with Crippen molar-refractivity contribution in [3.8, 4) is 0 Å². The second kappa shape index (κ2) is 3.70. The topological polar surface area (TPSA) is 47.0 Å². The predicted molar refractivity (Wildman–Crippen MR) is 50.8 cm³/mol. The number of Topliss-reactive ketones (excluding diaryl/α,β-unsaturated/α-hetero) is 2. The van der Waals surface area contributed by atoms with Crippen molar-refractivity contribution < 1.29 is 9.59 Å². The summed E-state index contributed by atoms with van der Waals surface area (Å²) in [7, 11) is 0.